The minimum Gasteiger partial charge on any atom is -0.493 e. The lowest BCUT2D eigenvalue weighted by Gasteiger charge is -2.35. The van der Waals surface area contributed by atoms with Gasteiger partial charge in [-0.25, -0.2) is 0 Å². The minimum atomic E-state index is 0.415. The second-order valence-electron chi connectivity index (χ2n) is 3.66. The van der Waals surface area contributed by atoms with Gasteiger partial charge in [0.1, 0.15) is 5.75 Å². The molecule has 0 bridgehead atoms. The van der Waals surface area contributed by atoms with Crippen LogP contribution in [-0.4, -0.2) is 19.3 Å². The van der Waals surface area contributed by atoms with E-state index in [-0.39, 0.29) is 0 Å². The quantitative estimate of drug-likeness (QED) is 0.729. The second-order valence-corrected chi connectivity index (χ2v) is 3.66. The van der Waals surface area contributed by atoms with Crippen LogP contribution in [0.3, 0.4) is 0 Å². The van der Waals surface area contributed by atoms with Crippen LogP contribution in [-0.2, 0) is 4.74 Å². The maximum atomic E-state index is 5.66. The molecule has 1 aromatic rings. The fourth-order valence-electron chi connectivity index (χ4n) is 1.69. The topological polar surface area (TPSA) is 18.5 Å². The van der Waals surface area contributed by atoms with E-state index in [1.165, 1.54) is 0 Å². The van der Waals surface area contributed by atoms with E-state index in [1.54, 1.807) is 0 Å². The molecule has 0 aromatic heterocycles. The minimum absolute atomic E-state index is 0.415. The zero-order valence-corrected chi connectivity index (χ0v) is 8.48. The Kier molecular flexibility index (Phi) is 3.04. The van der Waals surface area contributed by atoms with Crippen molar-refractivity contribution in [3.63, 3.8) is 0 Å². The molecule has 14 heavy (non-hydrogen) atoms. The summed E-state index contributed by atoms with van der Waals surface area (Å²) < 4.78 is 11.1. The fourth-order valence-corrected chi connectivity index (χ4v) is 1.69. The van der Waals surface area contributed by atoms with Crippen LogP contribution in [0.2, 0.25) is 0 Å². The summed E-state index contributed by atoms with van der Waals surface area (Å²) in [4.78, 5) is 0. The molecule has 1 aliphatic heterocycles. The zero-order chi connectivity index (χ0) is 9.80. The first-order chi connectivity index (χ1) is 6.90. The van der Waals surface area contributed by atoms with Crippen molar-refractivity contribution in [3.05, 3.63) is 30.3 Å². The van der Waals surface area contributed by atoms with Gasteiger partial charge in [0.2, 0.25) is 0 Å². The Morgan fingerprint density at radius 2 is 2.14 bits per heavy atom. The predicted octanol–water partition coefficient (Wildman–Crippen LogP) is 2.49. The van der Waals surface area contributed by atoms with Gasteiger partial charge in [0, 0.05) is 5.92 Å². The molecule has 2 unspecified atom stereocenters. The van der Waals surface area contributed by atoms with Crippen molar-refractivity contribution in [2.45, 2.75) is 19.4 Å². The standard InChI is InChI=1S/C12H16O2/c1-2-12-10(9-14-12)8-13-11-6-4-3-5-7-11/h3-7,10,12H,2,8-9H2,1H3. The summed E-state index contributed by atoms with van der Waals surface area (Å²) in [6, 6.07) is 9.95. The third-order valence-electron chi connectivity index (χ3n) is 2.66. The smallest absolute Gasteiger partial charge is 0.119 e. The van der Waals surface area contributed by atoms with Gasteiger partial charge in [-0.1, -0.05) is 25.1 Å². The zero-order valence-electron chi connectivity index (χ0n) is 8.48. The molecule has 76 valence electrons. The van der Waals surface area contributed by atoms with Gasteiger partial charge in [-0.15, -0.1) is 0 Å². The number of para-hydroxylation sites is 1. The molecule has 2 rings (SSSR count). The Balaban J connectivity index is 1.78. The Morgan fingerprint density at radius 1 is 1.36 bits per heavy atom. The molecule has 0 N–H and O–H groups in total. The largest absolute Gasteiger partial charge is 0.493 e. The summed E-state index contributed by atoms with van der Waals surface area (Å²) in [5, 5.41) is 0. The number of hydrogen-bond acceptors (Lipinski definition) is 2. The van der Waals surface area contributed by atoms with Crippen LogP contribution in [0.15, 0.2) is 30.3 Å². The van der Waals surface area contributed by atoms with Crippen molar-refractivity contribution in [1.82, 2.24) is 0 Å². The molecular formula is C12H16O2. The van der Waals surface area contributed by atoms with Crippen LogP contribution in [0, 0.1) is 5.92 Å². The summed E-state index contributed by atoms with van der Waals surface area (Å²) in [5.41, 5.74) is 0. The molecule has 1 fully saturated rings. The molecule has 1 saturated heterocycles. The van der Waals surface area contributed by atoms with E-state index >= 15 is 0 Å². The van der Waals surface area contributed by atoms with Crippen LogP contribution < -0.4 is 4.74 Å². The summed E-state index contributed by atoms with van der Waals surface area (Å²) in [6.45, 7) is 3.78. The molecule has 0 radical (unpaired) electrons. The van der Waals surface area contributed by atoms with Gasteiger partial charge in [0.15, 0.2) is 0 Å². The first-order valence-electron chi connectivity index (χ1n) is 5.19. The average molecular weight is 192 g/mol. The normalized spacial score (nSPS) is 25.5. The van der Waals surface area contributed by atoms with E-state index in [0.29, 0.717) is 12.0 Å². The van der Waals surface area contributed by atoms with Crippen LogP contribution in [0.4, 0.5) is 0 Å². The lowest BCUT2D eigenvalue weighted by Crippen LogP contribution is -2.42. The van der Waals surface area contributed by atoms with Gasteiger partial charge in [0.25, 0.3) is 0 Å². The highest BCUT2D eigenvalue weighted by Gasteiger charge is 2.30. The predicted molar refractivity (Wildman–Crippen MR) is 55.5 cm³/mol. The molecule has 2 heteroatoms. The molecule has 1 aliphatic rings. The second kappa shape index (κ2) is 4.47. The van der Waals surface area contributed by atoms with Crippen LogP contribution in [0.5, 0.6) is 5.75 Å². The van der Waals surface area contributed by atoms with E-state index in [9.17, 15) is 0 Å². The molecular weight excluding hydrogens is 176 g/mol. The number of ether oxygens (including phenoxy) is 2. The molecule has 2 atom stereocenters. The summed E-state index contributed by atoms with van der Waals surface area (Å²) in [7, 11) is 0. The van der Waals surface area contributed by atoms with Crippen LogP contribution >= 0.6 is 0 Å². The van der Waals surface area contributed by atoms with Crippen molar-refractivity contribution in [1.29, 1.82) is 0 Å². The van der Waals surface area contributed by atoms with E-state index < -0.39 is 0 Å². The van der Waals surface area contributed by atoms with Crippen LogP contribution in [0.1, 0.15) is 13.3 Å². The summed E-state index contributed by atoms with van der Waals surface area (Å²) >= 11 is 0. The maximum absolute atomic E-state index is 5.66. The summed E-state index contributed by atoms with van der Waals surface area (Å²) in [5.74, 6) is 1.54. The Hall–Kier alpha value is -1.02. The number of rotatable bonds is 4. The molecule has 1 heterocycles. The van der Waals surface area contributed by atoms with Crippen molar-refractivity contribution < 1.29 is 9.47 Å². The highest BCUT2D eigenvalue weighted by atomic mass is 16.5. The van der Waals surface area contributed by atoms with Gasteiger partial charge >= 0.3 is 0 Å². The first kappa shape index (κ1) is 9.53. The van der Waals surface area contributed by atoms with E-state index in [4.69, 9.17) is 9.47 Å². The third-order valence-corrected chi connectivity index (χ3v) is 2.66. The highest BCUT2D eigenvalue weighted by molar-refractivity contribution is 5.20. The van der Waals surface area contributed by atoms with Crippen molar-refractivity contribution in [3.8, 4) is 5.75 Å². The molecule has 0 amide bonds. The van der Waals surface area contributed by atoms with Gasteiger partial charge in [-0.2, -0.15) is 0 Å². The SMILES string of the molecule is CCC1OCC1COc1ccccc1. The lowest BCUT2D eigenvalue weighted by molar-refractivity contribution is -0.128. The van der Waals surface area contributed by atoms with Crippen molar-refractivity contribution >= 4 is 0 Å². The number of hydrogen-bond donors (Lipinski definition) is 0. The maximum Gasteiger partial charge on any atom is 0.119 e. The van der Waals surface area contributed by atoms with E-state index in [2.05, 4.69) is 6.92 Å². The molecule has 0 spiro atoms. The van der Waals surface area contributed by atoms with Gasteiger partial charge < -0.3 is 9.47 Å². The molecule has 1 aromatic carbocycles. The molecule has 2 nitrogen and oxygen atoms in total. The molecule has 0 saturated carbocycles. The first-order valence-corrected chi connectivity index (χ1v) is 5.19. The third kappa shape index (κ3) is 2.07. The average Bonchev–Trinajstić information content (AvgIpc) is 2.19. The van der Waals surface area contributed by atoms with Crippen LogP contribution in [0.25, 0.3) is 0 Å². The Bertz CT molecular complexity index is 269. The monoisotopic (exact) mass is 192 g/mol. The van der Waals surface area contributed by atoms with Gasteiger partial charge in [-0.3, -0.25) is 0 Å². The summed E-state index contributed by atoms with van der Waals surface area (Å²) in [6.07, 6.45) is 1.50. The van der Waals surface area contributed by atoms with Gasteiger partial charge in [-0.05, 0) is 18.6 Å². The van der Waals surface area contributed by atoms with E-state index in [0.717, 1.165) is 25.4 Å². The number of benzene rings is 1. The Morgan fingerprint density at radius 3 is 2.71 bits per heavy atom. The fraction of sp³-hybridized carbons (Fsp3) is 0.500. The van der Waals surface area contributed by atoms with Crippen molar-refractivity contribution in [2.75, 3.05) is 13.2 Å². The highest BCUT2D eigenvalue weighted by Crippen LogP contribution is 2.24. The van der Waals surface area contributed by atoms with E-state index in [1.807, 2.05) is 30.3 Å². The van der Waals surface area contributed by atoms with Crippen molar-refractivity contribution in [2.24, 2.45) is 5.92 Å². The Labute approximate surface area is 84.8 Å². The lowest BCUT2D eigenvalue weighted by atomic mass is 9.97. The van der Waals surface area contributed by atoms with Gasteiger partial charge in [0.05, 0.1) is 19.3 Å². The molecule has 0 aliphatic carbocycles.